The molecule has 11 nitrogen and oxygen atoms in total. The number of para-hydroxylation sites is 1. The Morgan fingerprint density at radius 1 is 1.08 bits per heavy atom. The fourth-order valence-electron chi connectivity index (χ4n) is 5.15. The van der Waals surface area contributed by atoms with Gasteiger partial charge in [0, 0.05) is 18.5 Å². The number of nitrogens with one attached hydrogen (secondary N) is 2. The van der Waals surface area contributed by atoms with Crippen LogP contribution >= 0.6 is 0 Å². The molecule has 38 heavy (non-hydrogen) atoms. The first-order valence-electron chi connectivity index (χ1n) is 12.3. The SMILES string of the molecule is NC(=O)C1CCC(n2c(Nc3c(F)cccc3F)nc3cnc(NC4CCN(C(=O)O)CC4F)nc32)CC1. The van der Waals surface area contributed by atoms with Gasteiger partial charge in [0.25, 0.3) is 0 Å². The van der Waals surface area contributed by atoms with Crippen molar-refractivity contribution in [1.82, 2.24) is 24.4 Å². The standard InChI is InChI=1S/C24H27F3N8O3/c25-14-2-1-3-15(26)19(14)32-23-31-18-10-29-22(30-17-8-9-34(24(37)38)11-16(17)27)33-21(18)35(23)13-6-4-12(5-7-13)20(28)36/h1-3,10,12-13,16-17H,4-9,11H2,(H2,28,36)(H,31,32)(H,37,38)(H,29,30,33). The highest BCUT2D eigenvalue weighted by Gasteiger charge is 2.33. The van der Waals surface area contributed by atoms with Crippen molar-refractivity contribution >= 4 is 40.7 Å². The average molecular weight is 533 g/mol. The van der Waals surface area contributed by atoms with Gasteiger partial charge in [0.15, 0.2) is 5.65 Å². The molecule has 3 heterocycles. The van der Waals surface area contributed by atoms with Crippen molar-refractivity contribution in [2.45, 2.75) is 50.4 Å². The molecule has 2 unspecified atom stereocenters. The first-order valence-corrected chi connectivity index (χ1v) is 12.3. The number of rotatable bonds is 6. The van der Waals surface area contributed by atoms with Crippen LogP contribution in [0.4, 0.5) is 35.5 Å². The van der Waals surface area contributed by atoms with Gasteiger partial charge in [-0.15, -0.1) is 0 Å². The van der Waals surface area contributed by atoms with Gasteiger partial charge in [-0.1, -0.05) is 6.07 Å². The number of alkyl halides is 1. The van der Waals surface area contributed by atoms with E-state index >= 15 is 0 Å². The summed E-state index contributed by atoms with van der Waals surface area (Å²) in [4.78, 5) is 37.1. The summed E-state index contributed by atoms with van der Waals surface area (Å²) in [6, 6.07) is 2.61. The number of aromatic nitrogens is 4. The van der Waals surface area contributed by atoms with E-state index in [1.54, 1.807) is 4.57 Å². The van der Waals surface area contributed by atoms with Crippen LogP contribution < -0.4 is 16.4 Å². The highest BCUT2D eigenvalue weighted by Crippen LogP contribution is 2.37. The number of amides is 2. The van der Waals surface area contributed by atoms with Gasteiger partial charge >= 0.3 is 6.09 Å². The van der Waals surface area contributed by atoms with Gasteiger partial charge in [0.2, 0.25) is 17.8 Å². The number of hydrogen-bond acceptors (Lipinski definition) is 7. The third-order valence-electron chi connectivity index (χ3n) is 7.22. The Hall–Kier alpha value is -4.10. The van der Waals surface area contributed by atoms with Crippen LogP contribution in [0.1, 0.15) is 38.1 Å². The number of imidazole rings is 1. The molecule has 0 spiro atoms. The lowest BCUT2D eigenvalue weighted by atomic mass is 9.85. The minimum absolute atomic E-state index is 0.115. The van der Waals surface area contributed by atoms with Crippen molar-refractivity contribution in [2.75, 3.05) is 23.7 Å². The van der Waals surface area contributed by atoms with Crippen LogP contribution in [0.2, 0.25) is 0 Å². The molecular formula is C24H27F3N8O3. The van der Waals surface area contributed by atoms with E-state index in [4.69, 9.17) is 10.8 Å². The van der Waals surface area contributed by atoms with Crippen LogP contribution in [0.3, 0.4) is 0 Å². The first kappa shape index (κ1) is 25.5. The molecule has 5 rings (SSSR count). The molecule has 1 saturated carbocycles. The summed E-state index contributed by atoms with van der Waals surface area (Å²) in [5, 5.41) is 14.8. The Kier molecular flexibility index (Phi) is 6.95. The number of carboxylic acid groups (broad SMARTS) is 1. The Balaban J connectivity index is 1.48. The van der Waals surface area contributed by atoms with E-state index < -0.39 is 29.9 Å². The van der Waals surface area contributed by atoms with Crippen LogP contribution in [0.5, 0.6) is 0 Å². The zero-order valence-electron chi connectivity index (χ0n) is 20.3. The van der Waals surface area contributed by atoms with E-state index in [9.17, 15) is 22.8 Å². The quantitative estimate of drug-likeness (QED) is 0.376. The molecule has 5 N–H and O–H groups in total. The molecule has 202 valence electrons. The van der Waals surface area contributed by atoms with Crippen molar-refractivity contribution < 1.29 is 27.9 Å². The molecule has 1 aliphatic carbocycles. The summed E-state index contributed by atoms with van der Waals surface area (Å²) in [5.74, 6) is -1.95. The van der Waals surface area contributed by atoms with Crippen molar-refractivity contribution in [3.8, 4) is 0 Å². The van der Waals surface area contributed by atoms with Gasteiger partial charge in [-0.2, -0.15) is 4.98 Å². The summed E-state index contributed by atoms with van der Waals surface area (Å²) in [5.41, 5.74) is 5.83. The van der Waals surface area contributed by atoms with Crippen LogP contribution in [-0.2, 0) is 4.79 Å². The maximum atomic E-state index is 14.7. The smallest absolute Gasteiger partial charge is 0.407 e. The van der Waals surface area contributed by atoms with Crippen LogP contribution in [0, 0.1) is 17.6 Å². The summed E-state index contributed by atoms with van der Waals surface area (Å²) in [7, 11) is 0. The normalized spacial score (nSPS) is 23.8. The maximum absolute atomic E-state index is 14.7. The molecule has 2 aromatic heterocycles. The lowest BCUT2D eigenvalue weighted by Crippen LogP contribution is -2.49. The molecule has 2 amide bonds. The second-order valence-corrected chi connectivity index (χ2v) is 9.62. The number of benzene rings is 1. The topological polar surface area (TPSA) is 151 Å². The monoisotopic (exact) mass is 532 g/mol. The molecule has 1 aromatic carbocycles. The number of nitrogens with zero attached hydrogens (tertiary/aromatic N) is 5. The summed E-state index contributed by atoms with van der Waals surface area (Å²) in [6.45, 7) is -0.0997. The minimum atomic E-state index is -1.46. The zero-order chi connectivity index (χ0) is 27.0. The second-order valence-electron chi connectivity index (χ2n) is 9.62. The highest BCUT2D eigenvalue weighted by molar-refractivity contribution is 5.78. The number of carbonyl (C=O) groups excluding carboxylic acids is 1. The molecule has 2 fully saturated rings. The zero-order valence-corrected chi connectivity index (χ0v) is 20.3. The first-order chi connectivity index (χ1) is 18.2. The van der Waals surface area contributed by atoms with Crippen molar-refractivity contribution in [3.05, 3.63) is 36.0 Å². The predicted octanol–water partition coefficient (Wildman–Crippen LogP) is 3.57. The van der Waals surface area contributed by atoms with E-state index in [-0.39, 0.29) is 55.0 Å². The highest BCUT2D eigenvalue weighted by atomic mass is 19.1. The van der Waals surface area contributed by atoms with Crippen LogP contribution in [0.25, 0.3) is 11.2 Å². The number of halogens is 3. The average Bonchev–Trinajstić information content (AvgIpc) is 3.24. The minimum Gasteiger partial charge on any atom is -0.465 e. The fourth-order valence-corrected chi connectivity index (χ4v) is 5.15. The number of likely N-dealkylation sites (tertiary alicyclic amines) is 1. The maximum Gasteiger partial charge on any atom is 0.407 e. The molecule has 14 heteroatoms. The van der Waals surface area contributed by atoms with Gasteiger partial charge < -0.3 is 26.4 Å². The Morgan fingerprint density at radius 2 is 1.79 bits per heavy atom. The van der Waals surface area contributed by atoms with E-state index in [1.165, 1.54) is 12.3 Å². The Labute approximate surface area is 215 Å². The second kappa shape index (κ2) is 10.3. The van der Waals surface area contributed by atoms with Gasteiger partial charge in [0.1, 0.15) is 29.0 Å². The van der Waals surface area contributed by atoms with Gasteiger partial charge in [-0.05, 0) is 44.2 Å². The van der Waals surface area contributed by atoms with E-state index in [2.05, 4.69) is 25.6 Å². The third-order valence-corrected chi connectivity index (χ3v) is 7.22. The lowest BCUT2D eigenvalue weighted by molar-refractivity contribution is -0.122. The molecule has 0 radical (unpaired) electrons. The fraction of sp³-hybridized carbons (Fsp3) is 0.458. The summed E-state index contributed by atoms with van der Waals surface area (Å²) >= 11 is 0. The van der Waals surface area contributed by atoms with E-state index in [1.807, 2.05) is 0 Å². The Bertz CT molecular complexity index is 1340. The van der Waals surface area contributed by atoms with Crippen LogP contribution in [-0.4, -0.2) is 66.8 Å². The van der Waals surface area contributed by atoms with E-state index in [0.717, 1.165) is 17.0 Å². The van der Waals surface area contributed by atoms with Gasteiger partial charge in [-0.25, -0.2) is 27.9 Å². The molecule has 3 aromatic rings. The number of primary amides is 1. The van der Waals surface area contributed by atoms with Gasteiger partial charge in [-0.3, -0.25) is 9.36 Å². The summed E-state index contributed by atoms with van der Waals surface area (Å²) in [6.07, 6.45) is 1.20. The molecule has 2 aliphatic rings. The molecule has 1 saturated heterocycles. The van der Waals surface area contributed by atoms with Crippen LogP contribution in [0.15, 0.2) is 24.4 Å². The van der Waals surface area contributed by atoms with E-state index in [0.29, 0.717) is 36.8 Å². The number of fused-ring (bicyclic) bond motifs is 1. The summed E-state index contributed by atoms with van der Waals surface area (Å²) < 4.78 is 45.3. The van der Waals surface area contributed by atoms with Crippen molar-refractivity contribution in [1.29, 1.82) is 0 Å². The molecular weight excluding hydrogens is 505 g/mol. The number of nitrogens with two attached hydrogens (primary N) is 1. The van der Waals surface area contributed by atoms with Crippen molar-refractivity contribution in [2.24, 2.45) is 11.7 Å². The number of hydrogen-bond donors (Lipinski definition) is 4. The number of piperidine rings is 1. The van der Waals surface area contributed by atoms with Crippen molar-refractivity contribution in [3.63, 3.8) is 0 Å². The molecule has 2 atom stereocenters. The third kappa shape index (κ3) is 5.02. The van der Waals surface area contributed by atoms with Gasteiger partial charge in [0.05, 0.1) is 18.8 Å². The Morgan fingerprint density at radius 3 is 2.42 bits per heavy atom. The largest absolute Gasteiger partial charge is 0.465 e. The molecule has 1 aliphatic heterocycles. The number of anilines is 3. The number of carbonyl (C=O) groups is 2. The molecule has 0 bridgehead atoms. The predicted molar refractivity (Wildman–Crippen MR) is 132 cm³/mol. The lowest BCUT2D eigenvalue weighted by Gasteiger charge is -2.33.